The summed E-state index contributed by atoms with van der Waals surface area (Å²) in [4.78, 5) is 0. The Morgan fingerprint density at radius 2 is 0.810 bits per heavy atom. The van der Waals surface area contributed by atoms with E-state index in [1.165, 1.54) is 0 Å². The van der Waals surface area contributed by atoms with Crippen LogP contribution in [0.2, 0.25) is 0 Å². The summed E-state index contributed by atoms with van der Waals surface area (Å²) in [6, 6.07) is 10.0. The van der Waals surface area contributed by atoms with E-state index in [0.717, 1.165) is 39.3 Å². The Labute approximate surface area is 153 Å². The second-order valence-corrected chi connectivity index (χ2v) is 3.53. The van der Waals surface area contributed by atoms with Gasteiger partial charge in [0.2, 0.25) is 0 Å². The van der Waals surface area contributed by atoms with Crippen LogP contribution in [0.4, 0.5) is 0 Å². The molecule has 4 heteroatoms. The fourth-order valence-electron chi connectivity index (χ4n) is 0.992. The van der Waals surface area contributed by atoms with Crippen LogP contribution >= 0.6 is 0 Å². The van der Waals surface area contributed by atoms with Gasteiger partial charge < -0.3 is 16.0 Å². The average molecular weight is 373 g/mol. The van der Waals surface area contributed by atoms with Gasteiger partial charge in [-0.05, 0) is 0 Å². The number of rotatable bonds is 6. The fraction of sp³-hybridized carbons (Fsp3) is 0.706. The quantitative estimate of drug-likeness (QED) is 0.583. The zero-order chi connectivity index (χ0) is 15.9. The van der Waals surface area contributed by atoms with Crippen LogP contribution in [0.3, 0.4) is 0 Å². The van der Waals surface area contributed by atoms with Gasteiger partial charge >= 0.3 is 26.2 Å². The van der Waals surface area contributed by atoms with Crippen LogP contribution < -0.4 is 0 Å². The van der Waals surface area contributed by atoms with Crippen LogP contribution in [-0.4, -0.2) is 39.3 Å². The topological polar surface area (TPSA) is 42.3 Å². The second kappa shape index (κ2) is 36.9. The van der Waals surface area contributed by atoms with E-state index in [4.69, 9.17) is 0 Å². The van der Waals surface area contributed by atoms with Crippen LogP contribution in [-0.2, 0) is 26.2 Å². The third kappa shape index (κ3) is 53.4. The van der Waals surface area contributed by atoms with Gasteiger partial charge in [0.05, 0.1) is 0 Å². The van der Waals surface area contributed by atoms with Crippen molar-refractivity contribution in [2.75, 3.05) is 39.3 Å². The Kier molecular flexibility index (Phi) is 51.2. The number of nitrogens with zero attached hydrogens (tertiary/aromatic N) is 3. The van der Waals surface area contributed by atoms with Crippen molar-refractivity contribution in [3.05, 3.63) is 46.3 Å². The largest absolute Gasteiger partial charge is 4.00 e. The van der Waals surface area contributed by atoms with Crippen molar-refractivity contribution in [1.82, 2.24) is 0 Å². The van der Waals surface area contributed by atoms with Crippen molar-refractivity contribution in [2.24, 2.45) is 0 Å². The molecule has 0 heterocycles. The molecule has 0 bridgehead atoms. The zero-order valence-electron chi connectivity index (χ0n) is 15.0. The van der Waals surface area contributed by atoms with Crippen LogP contribution in [0.5, 0.6) is 0 Å². The molecular formula is C17H35N3Zr. The maximum absolute atomic E-state index is 3.97. The summed E-state index contributed by atoms with van der Waals surface area (Å²) in [5.41, 5.74) is 0. The Balaban J connectivity index is -0.0000000903. The smallest absolute Gasteiger partial charge is 0.663 e. The minimum Gasteiger partial charge on any atom is -0.663 e. The van der Waals surface area contributed by atoms with Gasteiger partial charge in [-0.25, -0.2) is 12.1 Å². The first-order chi connectivity index (χ1) is 9.74. The third-order valence-electron chi connectivity index (χ3n) is 1.90. The van der Waals surface area contributed by atoms with Crippen LogP contribution in [0.25, 0.3) is 16.0 Å². The van der Waals surface area contributed by atoms with E-state index in [2.05, 4.69) is 16.0 Å². The number of hydrogen-bond donors (Lipinski definition) is 0. The van der Waals surface area contributed by atoms with Crippen LogP contribution in [0, 0.1) is 0 Å². The maximum atomic E-state index is 3.97. The van der Waals surface area contributed by atoms with Gasteiger partial charge in [-0.15, -0.1) is 0 Å². The van der Waals surface area contributed by atoms with E-state index in [1.54, 1.807) is 0 Å². The molecule has 0 spiro atoms. The predicted molar refractivity (Wildman–Crippen MR) is 95.4 cm³/mol. The van der Waals surface area contributed by atoms with Crippen molar-refractivity contribution in [3.8, 4) is 0 Å². The molecule has 0 aliphatic rings. The molecule has 1 aromatic carbocycles. The Morgan fingerprint density at radius 3 is 0.857 bits per heavy atom. The zero-order valence-corrected chi connectivity index (χ0v) is 17.4. The van der Waals surface area contributed by atoms with E-state index in [9.17, 15) is 0 Å². The van der Waals surface area contributed by atoms with Crippen LogP contribution in [0.15, 0.2) is 30.3 Å². The van der Waals surface area contributed by atoms with Gasteiger partial charge in [0.25, 0.3) is 0 Å². The minimum absolute atomic E-state index is 0. The summed E-state index contributed by atoms with van der Waals surface area (Å²) in [6.07, 6.45) is 0. The molecule has 21 heavy (non-hydrogen) atoms. The normalized spacial score (nSPS) is 7.90. The van der Waals surface area contributed by atoms with E-state index < -0.39 is 0 Å². The second-order valence-electron chi connectivity index (χ2n) is 3.53. The SMILES string of the molecule is CC[N-]CC.CC[N-]CC.CC[N-]CC.[Zr+4].c1cc[cH-]c1. The van der Waals surface area contributed by atoms with Crippen molar-refractivity contribution < 1.29 is 26.2 Å². The molecule has 0 atom stereocenters. The minimum atomic E-state index is 0. The van der Waals surface area contributed by atoms with Gasteiger partial charge in [-0.1, -0.05) is 41.5 Å². The standard InChI is InChI=1S/C5H5.3C4H10N.Zr/c1-2-4-5-3-1;3*1-3-5-4-2;/h1-5H;3*3-4H2,1-2H3;/q4*-1;+4. The molecular weight excluding hydrogens is 337 g/mol. The summed E-state index contributed by atoms with van der Waals surface area (Å²) < 4.78 is 0. The third-order valence-corrected chi connectivity index (χ3v) is 1.90. The molecule has 0 saturated carbocycles. The first-order valence-electron chi connectivity index (χ1n) is 7.81. The summed E-state index contributed by atoms with van der Waals surface area (Å²) in [5, 5.41) is 11.9. The molecule has 1 rings (SSSR count). The van der Waals surface area contributed by atoms with Crippen molar-refractivity contribution in [1.29, 1.82) is 0 Å². The molecule has 0 fully saturated rings. The van der Waals surface area contributed by atoms with Crippen molar-refractivity contribution in [3.63, 3.8) is 0 Å². The maximum Gasteiger partial charge on any atom is 4.00 e. The van der Waals surface area contributed by atoms with E-state index in [-0.39, 0.29) is 26.2 Å². The molecule has 0 aliphatic heterocycles. The molecule has 0 aromatic heterocycles. The molecule has 0 saturated heterocycles. The Morgan fingerprint density at radius 1 is 0.571 bits per heavy atom. The summed E-state index contributed by atoms with van der Waals surface area (Å²) in [7, 11) is 0. The van der Waals surface area contributed by atoms with Crippen molar-refractivity contribution in [2.45, 2.75) is 41.5 Å². The summed E-state index contributed by atoms with van der Waals surface area (Å²) in [6.45, 7) is 18.1. The molecule has 0 aliphatic carbocycles. The monoisotopic (exact) mass is 371 g/mol. The van der Waals surface area contributed by atoms with Crippen LogP contribution in [0.1, 0.15) is 41.5 Å². The van der Waals surface area contributed by atoms with Gasteiger partial charge in [0, 0.05) is 0 Å². The van der Waals surface area contributed by atoms with Crippen molar-refractivity contribution >= 4 is 0 Å². The van der Waals surface area contributed by atoms with E-state index in [0.29, 0.717) is 0 Å². The first-order valence-corrected chi connectivity index (χ1v) is 7.81. The molecule has 0 radical (unpaired) electrons. The molecule has 0 N–H and O–H groups in total. The fourth-order valence-corrected chi connectivity index (χ4v) is 0.992. The Bertz CT molecular complexity index is 154. The summed E-state index contributed by atoms with van der Waals surface area (Å²) >= 11 is 0. The van der Waals surface area contributed by atoms with Gasteiger partial charge in [0.1, 0.15) is 0 Å². The van der Waals surface area contributed by atoms with Gasteiger partial charge in [-0.3, -0.25) is 0 Å². The van der Waals surface area contributed by atoms with Gasteiger partial charge in [-0.2, -0.15) is 57.5 Å². The molecule has 1 aromatic rings. The first kappa shape index (κ1) is 29.2. The molecule has 122 valence electrons. The molecule has 3 nitrogen and oxygen atoms in total. The molecule has 0 amide bonds. The van der Waals surface area contributed by atoms with E-state index in [1.807, 2.05) is 71.9 Å². The van der Waals surface area contributed by atoms with Gasteiger partial charge in [0.15, 0.2) is 0 Å². The molecule has 0 unspecified atom stereocenters. The summed E-state index contributed by atoms with van der Waals surface area (Å²) in [5.74, 6) is 0. The average Bonchev–Trinajstić information content (AvgIpc) is 3.02. The number of hydrogen-bond acceptors (Lipinski definition) is 0. The predicted octanol–water partition coefficient (Wildman–Crippen LogP) is 5.60. The Hall–Kier alpha value is 0.113. The van der Waals surface area contributed by atoms with E-state index >= 15 is 0 Å².